The molecule has 0 aliphatic carbocycles. The maximum absolute atomic E-state index is 14.4. The van der Waals surface area contributed by atoms with Gasteiger partial charge in [-0.15, -0.1) is 0 Å². The molecule has 0 amide bonds. The lowest BCUT2D eigenvalue weighted by Crippen LogP contribution is -2.22. The fourth-order valence-corrected chi connectivity index (χ4v) is 17.6. The second-order valence-corrected chi connectivity index (χ2v) is 61.7. The minimum Gasteiger partial charge on any atom is -0.438 e. The predicted molar refractivity (Wildman–Crippen MR) is 557 cm³/mol. The number of aryl methyl sites for hydroxylation is 2. The van der Waals surface area contributed by atoms with Crippen LogP contribution in [0.15, 0.2) is 232 Å². The molecule has 0 aliphatic heterocycles. The van der Waals surface area contributed by atoms with Gasteiger partial charge in [0, 0.05) is 99.5 Å². The summed E-state index contributed by atoms with van der Waals surface area (Å²) >= 11 is 2.22. The highest BCUT2D eigenvalue weighted by Gasteiger charge is 2.28. The van der Waals surface area contributed by atoms with Gasteiger partial charge >= 0.3 is 0 Å². The lowest BCUT2D eigenvalue weighted by molar-refractivity contribution is 0.0897. The first kappa shape index (κ1) is 108. The third kappa shape index (κ3) is 30.7. The molecular weight excluding hydrogens is 2050 g/mol. The Labute approximate surface area is 844 Å². The molecule has 42 heteroatoms. The van der Waals surface area contributed by atoms with E-state index in [0.717, 1.165) is 62.0 Å². The van der Waals surface area contributed by atoms with Crippen molar-refractivity contribution in [1.29, 1.82) is 0 Å². The minimum atomic E-state index is -2.73. The average molecular weight is 2160 g/mol. The Morgan fingerprint density at radius 3 is 1.06 bits per heavy atom. The lowest BCUT2D eigenvalue weighted by Gasteiger charge is -2.16. The second kappa shape index (κ2) is 49.4. The van der Waals surface area contributed by atoms with E-state index in [2.05, 4.69) is 176 Å². The van der Waals surface area contributed by atoms with Crippen molar-refractivity contribution in [3.8, 4) is 81.0 Å². The molecule has 0 spiro atoms. The molecule has 17 aromatic rings. The molecule has 0 bridgehead atoms. The summed E-state index contributed by atoms with van der Waals surface area (Å²) in [4.78, 5) is 60.4. The van der Waals surface area contributed by atoms with Gasteiger partial charge < -0.3 is 62.5 Å². The van der Waals surface area contributed by atoms with E-state index in [9.17, 15) is 43.9 Å². The van der Waals surface area contributed by atoms with Gasteiger partial charge in [-0.1, -0.05) is 157 Å². The Balaban J connectivity index is 0.000000157. The van der Waals surface area contributed by atoms with E-state index in [0.29, 0.717) is 121 Å². The number of halogens is 11. The van der Waals surface area contributed by atoms with Gasteiger partial charge in [0.25, 0.3) is 25.7 Å². The minimum absolute atomic E-state index is 0.137. The van der Waals surface area contributed by atoms with Crippen LogP contribution in [0, 0.1) is 29.1 Å². The number of para-hydroxylation sites is 3. The van der Waals surface area contributed by atoms with Crippen molar-refractivity contribution in [3.63, 3.8) is 0 Å². The quantitative estimate of drug-likeness (QED) is 0.0159. The van der Waals surface area contributed by atoms with Crippen molar-refractivity contribution in [2.45, 2.75) is 169 Å². The van der Waals surface area contributed by atoms with Crippen LogP contribution in [0.1, 0.15) is 59.6 Å². The Bertz CT molecular complexity index is 6930. The molecule has 0 aliphatic rings. The first-order chi connectivity index (χ1) is 68.6. The average Bonchev–Trinajstić information content (AvgIpc) is 1.62. The van der Waals surface area contributed by atoms with Crippen LogP contribution < -0.4 is 25.3 Å². The molecule has 0 fully saturated rings. The highest BCUT2D eigenvalue weighted by Crippen LogP contribution is 2.40. The number of nitrogen functional groups attached to an aromatic ring is 1. The first-order valence-electron chi connectivity index (χ1n) is 46.1. The summed E-state index contributed by atoms with van der Waals surface area (Å²) in [7, 11) is -4.88. The van der Waals surface area contributed by atoms with Crippen molar-refractivity contribution >= 4 is 116 Å². The Morgan fingerprint density at radius 2 is 0.681 bits per heavy atom. The predicted octanol–water partition coefficient (Wildman–Crippen LogP) is 27.7. The normalized spacial score (nSPS) is 11.8. The molecule has 0 unspecified atom stereocenters. The number of hydrogen-bond acceptors (Lipinski definition) is 23. The van der Waals surface area contributed by atoms with Crippen molar-refractivity contribution in [3.05, 3.63) is 281 Å². The summed E-state index contributed by atoms with van der Waals surface area (Å²) in [5, 5.41) is 5.85. The number of nitrogens with zero attached hydrogens (tertiary/aromatic N) is 18. The topological polar surface area (TPSA) is 303 Å². The first-order valence-corrected chi connectivity index (χ1v) is 62.0. The Hall–Kier alpha value is -13.2. The molecule has 144 heavy (non-hydrogen) atoms. The number of nitrogens with one attached hydrogen (secondary N) is 1. The van der Waals surface area contributed by atoms with Crippen LogP contribution in [0.5, 0.6) is 34.9 Å². The van der Waals surface area contributed by atoms with E-state index in [4.69, 9.17) is 38.9 Å². The fraction of sp³-hybridized carbons (Fsp3) is 0.294. The van der Waals surface area contributed by atoms with E-state index in [-0.39, 0.29) is 87.0 Å². The van der Waals surface area contributed by atoms with Gasteiger partial charge in [0.15, 0.2) is 40.6 Å². The number of rotatable bonds is 36. The van der Waals surface area contributed by atoms with Crippen LogP contribution in [0.2, 0.25) is 103 Å². The van der Waals surface area contributed by atoms with Crippen molar-refractivity contribution in [2.75, 3.05) is 37.5 Å². The van der Waals surface area contributed by atoms with Gasteiger partial charge in [-0.25, -0.2) is 88.8 Å². The SMILES string of the molecule is C[Si](C)(C)CCOCn1cc(I)c2c(Oc3ccccc3)nc(-c3cccc(C(F)F)n3)nc21.C[Si](C)(C)CCOCn1ccc2c(Oc3ccccc3)nc(-c3cccc(C(F)F)n3)nc21.Cc1cn(COCC[Si](C)(C)C)c2nc(-c3cccc(C(F)F)n3)nc(Nc3ccncc3F)c12.Cc1cn(COCC[Si](C)(C)C)c2nc(-c3cccc(C(F)F)n3)nc(Oc3ccccc3)c12.Nc1ccncc1F. The molecular formula is C102H111F10IN20O7Si4. The summed E-state index contributed by atoms with van der Waals surface area (Å²) in [6.45, 7) is 35.2. The molecule has 3 aromatic carbocycles. The summed E-state index contributed by atoms with van der Waals surface area (Å²) in [6, 6.07) is 54.3. The Kier molecular flexibility index (Phi) is 37.0. The van der Waals surface area contributed by atoms with Crippen LogP contribution in [0.4, 0.5) is 61.1 Å². The van der Waals surface area contributed by atoms with E-state index >= 15 is 0 Å². The van der Waals surface area contributed by atoms with Gasteiger partial charge in [-0.2, -0.15) is 15.0 Å². The van der Waals surface area contributed by atoms with Crippen LogP contribution in [-0.2, 0) is 45.9 Å². The molecule has 14 heterocycles. The van der Waals surface area contributed by atoms with Gasteiger partial charge in [0.1, 0.15) is 112 Å². The number of aromatic nitrogens is 18. The summed E-state index contributed by atoms with van der Waals surface area (Å²) in [5.41, 5.74) is 9.10. The van der Waals surface area contributed by atoms with Crippen LogP contribution in [0.3, 0.4) is 0 Å². The van der Waals surface area contributed by atoms with Crippen LogP contribution in [-0.4, -0.2) is 147 Å². The van der Waals surface area contributed by atoms with E-state index < -0.39 is 69.6 Å². The number of alkyl halides is 8. The zero-order valence-electron chi connectivity index (χ0n) is 81.9. The Morgan fingerprint density at radius 1 is 0.347 bits per heavy atom. The summed E-state index contributed by atoms with van der Waals surface area (Å²) in [5.74, 6) is 2.91. The van der Waals surface area contributed by atoms with Crippen LogP contribution >= 0.6 is 22.6 Å². The number of hydrogen-bond donors (Lipinski definition) is 2. The molecule has 3 N–H and O–H groups in total. The van der Waals surface area contributed by atoms with Gasteiger partial charge in [0.05, 0.1) is 45.3 Å². The van der Waals surface area contributed by atoms with Gasteiger partial charge in [-0.05, 0) is 175 Å². The summed E-state index contributed by atoms with van der Waals surface area (Å²) in [6.07, 6.45) is 1.91. The number of benzene rings is 3. The summed E-state index contributed by atoms with van der Waals surface area (Å²) < 4.78 is 183. The standard InChI is InChI=1S/C25H28F2N4O2Si.C24H27F3N6OSi.C24H25F2IN4O2Si.C24H26F2N4O2Si.C5H5FN2/c1-17-15-31(16-32-13-14-34(2,3)4)24-21(17)25(33-18-9-6-5-7-10-18)30-23(29-24)20-12-8-11-19(28-20)22(26)27;1-15-13-33(14-34-10-11-35(2,3)4)24-20(15)23(30-17-8-9-28-12-16(17)25)31-22(32-24)19-7-5-6-18(29-19)21(26)27;1-34(2,3)13-12-32-15-31-14-17(27)20-23(31)29-22(19-11-7-10-18(28-19)21(25)26)30-24(20)33-16-8-5-4-6-9-16;1-33(2,3)15-14-31-16-30-13-12-18-23(30)28-22(20-11-7-10-19(27-20)21(25)26)29-24(18)32-17-8-5-4-6-9-17;6-4-3-8-2-1-5(4)7/h5-12,15,22H,13-14,16H2,1-4H3;5-9,12-13,21H,10-11,14H2,1-4H3,(H,28,30,31,32);4-11,14,21H,12-13,15H2,1-3H3;4-13,21H,14-16H2,1-3H3;1-3H,(H2,7,8). The number of pyridine rings is 6. The molecule has 14 aromatic heterocycles. The molecule has 0 atom stereocenters. The maximum atomic E-state index is 14.4. The van der Waals surface area contributed by atoms with Crippen molar-refractivity contribution in [2.24, 2.45) is 0 Å². The number of nitrogens with two attached hydrogens (primary N) is 1. The molecule has 0 saturated heterocycles. The van der Waals surface area contributed by atoms with Crippen LogP contribution in [0.25, 0.3) is 90.2 Å². The largest absolute Gasteiger partial charge is 0.438 e. The number of fused-ring (bicyclic) bond motifs is 4. The van der Waals surface area contributed by atoms with Crippen molar-refractivity contribution < 1.29 is 77.1 Å². The van der Waals surface area contributed by atoms with E-state index in [1.165, 1.54) is 73.1 Å². The highest BCUT2D eigenvalue weighted by molar-refractivity contribution is 14.1. The van der Waals surface area contributed by atoms with Gasteiger partial charge in [-0.3, -0.25) is 9.97 Å². The smallest absolute Gasteiger partial charge is 0.280 e. The lowest BCUT2D eigenvalue weighted by atomic mass is 10.2. The molecule has 754 valence electrons. The zero-order chi connectivity index (χ0) is 103. The fourth-order valence-electron chi connectivity index (χ4n) is 13.8. The number of ether oxygens (including phenoxy) is 7. The molecule has 27 nitrogen and oxygen atoms in total. The molecule has 17 rings (SSSR count). The molecule has 0 saturated carbocycles. The third-order valence-electron chi connectivity index (χ3n) is 21.5. The zero-order valence-corrected chi connectivity index (χ0v) is 88.0. The van der Waals surface area contributed by atoms with Crippen molar-refractivity contribution in [1.82, 2.24) is 88.0 Å². The monoisotopic (exact) mass is 2160 g/mol. The highest BCUT2D eigenvalue weighted by atomic mass is 127. The third-order valence-corrected chi connectivity index (χ3v) is 29.1. The number of anilines is 3. The van der Waals surface area contributed by atoms with Gasteiger partial charge in [0.2, 0.25) is 17.6 Å². The van der Waals surface area contributed by atoms with E-state index in [1.807, 2.05) is 154 Å². The second-order valence-electron chi connectivity index (χ2n) is 38.1. The van der Waals surface area contributed by atoms with E-state index in [1.54, 1.807) is 24.3 Å². The molecule has 0 radical (unpaired) electrons. The maximum Gasteiger partial charge on any atom is 0.280 e.